The summed E-state index contributed by atoms with van der Waals surface area (Å²) in [6.07, 6.45) is -0.375. The molecule has 2 heterocycles. The first-order chi connectivity index (χ1) is 26.7. The molecule has 0 aliphatic carbocycles. The number of fused-ring (bicyclic) bond motifs is 1. The minimum absolute atomic E-state index is 0.375. The van der Waals surface area contributed by atoms with Gasteiger partial charge in [-0.3, -0.25) is 0 Å². The maximum Gasteiger partial charge on any atom is 0.159 e. The molecule has 1 N–H and O–H groups in total. The number of nitrogens with one attached hydrogen (secondary N) is 1. The van der Waals surface area contributed by atoms with Gasteiger partial charge in [-0.05, 0) is 58.1 Å². The maximum absolute atomic E-state index is 9.67. The predicted octanol–water partition coefficient (Wildman–Crippen LogP) is 10.7. The highest BCUT2D eigenvalue weighted by molar-refractivity contribution is 6.13. The molecule has 0 radical (unpaired) electrons. The molecular formula is C48H32N6. The molecule has 0 amide bonds. The van der Waals surface area contributed by atoms with Crippen LogP contribution in [-0.4, -0.2) is 21.6 Å². The predicted molar refractivity (Wildman–Crippen MR) is 218 cm³/mol. The van der Waals surface area contributed by atoms with Crippen LogP contribution in [0, 0.1) is 11.3 Å². The molecule has 1 aliphatic rings. The van der Waals surface area contributed by atoms with Crippen LogP contribution in [0.3, 0.4) is 0 Å². The van der Waals surface area contributed by atoms with Gasteiger partial charge in [0.05, 0.1) is 34.1 Å². The SMILES string of the molecule is N#Cc1cccc(-c2nc3ccccc3nc2-c2cccc(C3=NC(c4ccc(-c5ccccc5)cc4)=NC(c4ccc(-c5ccccc5)cc4)N3)c2)c1. The molecule has 6 heteroatoms. The van der Waals surface area contributed by atoms with Gasteiger partial charge >= 0.3 is 0 Å². The van der Waals surface area contributed by atoms with E-state index in [9.17, 15) is 5.26 Å². The van der Waals surface area contributed by atoms with Crippen LogP contribution < -0.4 is 5.32 Å². The third-order valence-electron chi connectivity index (χ3n) is 9.57. The zero-order valence-corrected chi connectivity index (χ0v) is 29.1. The summed E-state index contributed by atoms with van der Waals surface area (Å²) >= 11 is 0. The van der Waals surface area contributed by atoms with Gasteiger partial charge in [0.1, 0.15) is 12.0 Å². The summed E-state index contributed by atoms with van der Waals surface area (Å²) in [6, 6.07) is 63.5. The van der Waals surface area contributed by atoms with Crippen LogP contribution in [0.5, 0.6) is 0 Å². The van der Waals surface area contributed by atoms with Gasteiger partial charge < -0.3 is 5.32 Å². The van der Waals surface area contributed by atoms with Gasteiger partial charge in [-0.25, -0.2) is 20.0 Å². The van der Waals surface area contributed by atoms with Crippen molar-refractivity contribution in [1.29, 1.82) is 5.26 Å². The Labute approximate surface area is 313 Å². The van der Waals surface area contributed by atoms with Crippen LogP contribution >= 0.6 is 0 Å². The molecule has 0 saturated heterocycles. The first kappa shape index (κ1) is 32.4. The van der Waals surface area contributed by atoms with E-state index in [1.54, 1.807) is 6.07 Å². The molecule has 8 aromatic rings. The van der Waals surface area contributed by atoms with Crippen molar-refractivity contribution in [3.8, 4) is 50.8 Å². The Morgan fingerprint density at radius 1 is 0.444 bits per heavy atom. The van der Waals surface area contributed by atoms with Crippen LogP contribution in [0.25, 0.3) is 55.8 Å². The Bertz CT molecular complexity index is 2730. The summed E-state index contributed by atoms with van der Waals surface area (Å²) in [5, 5.41) is 13.3. The lowest BCUT2D eigenvalue weighted by Gasteiger charge is -2.24. The Balaban J connectivity index is 1.13. The number of aromatic nitrogens is 2. The number of nitriles is 1. The molecular weight excluding hydrogens is 661 g/mol. The molecule has 0 bridgehead atoms. The van der Waals surface area contributed by atoms with Crippen molar-refractivity contribution in [1.82, 2.24) is 15.3 Å². The molecule has 0 saturated carbocycles. The number of benzene rings is 7. The number of amidine groups is 2. The number of hydrogen-bond donors (Lipinski definition) is 1. The van der Waals surface area contributed by atoms with Crippen LogP contribution in [0.15, 0.2) is 192 Å². The minimum Gasteiger partial charge on any atom is -0.344 e. The van der Waals surface area contributed by atoms with Crippen molar-refractivity contribution >= 4 is 22.7 Å². The van der Waals surface area contributed by atoms with Crippen LogP contribution in [0.2, 0.25) is 0 Å². The maximum atomic E-state index is 9.67. The van der Waals surface area contributed by atoms with E-state index in [4.69, 9.17) is 20.0 Å². The zero-order chi connectivity index (χ0) is 36.3. The highest BCUT2D eigenvalue weighted by Crippen LogP contribution is 2.33. The molecule has 9 rings (SSSR count). The lowest BCUT2D eigenvalue weighted by molar-refractivity contribution is 0.674. The Morgan fingerprint density at radius 3 is 1.54 bits per heavy atom. The van der Waals surface area contributed by atoms with E-state index >= 15 is 0 Å². The number of nitrogens with zero attached hydrogens (tertiary/aromatic N) is 5. The van der Waals surface area contributed by atoms with Crippen LogP contribution in [0.1, 0.15) is 28.4 Å². The average Bonchev–Trinajstić information content (AvgIpc) is 3.26. The highest BCUT2D eigenvalue weighted by Gasteiger charge is 2.22. The highest BCUT2D eigenvalue weighted by atomic mass is 15.2. The molecule has 6 nitrogen and oxygen atoms in total. The summed E-state index contributed by atoms with van der Waals surface area (Å²) in [6.45, 7) is 0. The third-order valence-corrected chi connectivity index (χ3v) is 9.57. The van der Waals surface area contributed by atoms with Crippen molar-refractivity contribution in [3.63, 3.8) is 0 Å². The van der Waals surface area contributed by atoms with E-state index in [-0.39, 0.29) is 6.17 Å². The van der Waals surface area contributed by atoms with E-state index in [1.165, 1.54) is 0 Å². The van der Waals surface area contributed by atoms with Crippen LogP contribution in [-0.2, 0) is 0 Å². The summed E-state index contributed by atoms with van der Waals surface area (Å²) in [7, 11) is 0. The quantitative estimate of drug-likeness (QED) is 0.180. The van der Waals surface area contributed by atoms with E-state index in [0.717, 1.165) is 66.8 Å². The summed E-state index contributed by atoms with van der Waals surface area (Å²) in [5.41, 5.74) is 12.7. The van der Waals surface area contributed by atoms with E-state index < -0.39 is 0 Å². The van der Waals surface area contributed by atoms with Gasteiger partial charge in [0, 0.05) is 22.3 Å². The standard InChI is InChI=1S/C48H32N6/c49-31-32-11-9-16-39(29-32)44-45(51-43-20-8-7-19-42(43)50-44)40-17-10-18-41(30-40)48-53-46(37-25-21-35(22-26-37)33-12-3-1-4-13-33)52-47(54-48)38-27-23-36(24-28-38)34-14-5-2-6-15-34/h1-30,46H,(H,52,53,54). The number of para-hydroxylation sites is 2. The first-order valence-corrected chi connectivity index (χ1v) is 17.8. The van der Waals surface area contributed by atoms with Crippen molar-refractivity contribution in [2.24, 2.45) is 9.98 Å². The normalized spacial score (nSPS) is 13.7. The molecule has 1 unspecified atom stereocenters. The van der Waals surface area contributed by atoms with Gasteiger partial charge in [-0.2, -0.15) is 5.26 Å². The van der Waals surface area contributed by atoms with Gasteiger partial charge in [0.15, 0.2) is 5.84 Å². The number of rotatable bonds is 7. The topological polar surface area (TPSA) is 86.3 Å². The molecule has 1 aliphatic heterocycles. The van der Waals surface area contributed by atoms with Crippen molar-refractivity contribution in [3.05, 3.63) is 204 Å². The lowest BCUT2D eigenvalue weighted by atomic mass is 9.99. The zero-order valence-electron chi connectivity index (χ0n) is 29.1. The molecule has 1 atom stereocenters. The summed E-state index contributed by atoms with van der Waals surface area (Å²) < 4.78 is 0. The molecule has 254 valence electrons. The van der Waals surface area contributed by atoms with E-state index in [0.29, 0.717) is 22.9 Å². The Hall–Kier alpha value is -7.49. The summed E-state index contributed by atoms with van der Waals surface area (Å²) in [4.78, 5) is 20.5. The fourth-order valence-electron chi connectivity index (χ4n) is 6.78. The van der Waals surface area contributed by atoms with Gasteiger partial charge in [0.2, 0.25) is 0 Å². The van der Waals surface area contributed by atoms with Gasteiger partial charge in [-0.15, -0.1) is 0 Å². The number of aliphatic imine (C=N–C) groups is 2. The van der Waals surface area contributed by atoms with Crippen molar-refractivity contribution in [2.45, 2.75) is 6.17 Å². The smallest absolute Gasteiger partial charge is 0.159 e. The van der Waals surface area contributed by atoms with E-state index in [1.807, 2.05) is 78.9 Å². The Morgan fingerprint density at radius 2 is 0.926 bits per heavy atom. The third kappa shape index (κ3) is 6.54. The second kappa shape index (κ2) is 14.3. The largest absolute Gasteiger partial charge is 0.344 e. The molecule has 7 aromatic carbocycles. The van der Waals surface area contributed by atoms with Crippen LogP contribution in [0.4, 0.5) is 0 Å². The lowest BCUT2D eigenvalue weighted by Crippen LogP contribution is -2.33. The first-order valence-electron chi connectivity index (χ1n) is 17.8. The Kier molecular flexibility index (Phi) is 8.56. The monoisotopic (exact) mass is 692 g/mol. The summed E-state index contributed by atoms with van der Waals surface area (Å²) in [5.74, 6) is 1.35. The molecule has 0 fully saturated rings. The van der Waals surface area contributed by atoms with Gasteiger partial charge in [-0.1, -0.05) is 152 Å². The fraction of sp³-hybridized carbons (Fsp3) is 0.0208. The van der Waals surface area contributed by atoms with E-state index in [2.05, 4.69) is 108 Å². The molecule has 54 heavy (non-hydrogen) atoms. The van der Waals surface area contributed by atoms with Gasteiger partial charge in [0.25, 0.3) is 0 Å². The number of hydrogen-bond acceptors (Lipinski definition) is 6. The van der Waals surface area contributed by atoms with Crippen molar-refractivity contribution < 1.29 is 0 Å². The minimum atomic E-state index is -0.375. The molecule has 1 aromatic heterocycles. The fourth-order valence-corrected chi connectivity index (χ4v) is 6.78. The second-order valence-corrected chi connectivity index (χ2v) is 13.1. The molecule has 0 spiro atoms. The average molecular weight is 693 g/mol. The van der Waals surface area contributed by atoms with Crippen molar-refractivity contribution in [2.75, 3.05) is 0 Å². The second-order valence-electron chi connectivity index (χ2n) is 13.1.